The second kappa shape index (κ2) is 10.7. The maximum absolute atomic E-state index is 13.5. The van der Waals surface area contributed by atoms with Gasteiger partial charge in [-0.05, 0) is 62.9 Å². The highest BCUT2D eigenvalue weighted by molar-refractivity contribution is 7.90. The Morgan fingerprint density at radius 2 is 1.93 bits per heavy atom. The Hall–Kier alpha value is -2.88. The van der Waals surface area contributed by atoms with Crippen LogP contribution < -0.4 is 10.0 Å². The molecule has 2 aliphatic heterocycles. The van der Waals surface area contributed by atoms with Crippen LogP contribution in [-0.4, -0.2) is 78.1 Å². The number of hydrogen-bond acceptors (Lipinski definition) is 10. The molecular weight excluding hydrogens is 611 g/mol. The lowest BCUT2D eigenvalue weighted by molar-refractivity contribution is 0.150. The van der Waals surface area contributed by atoms with Gasteiger partial charge in [0.2, 0.25) is 20.0 Å². The van der Waals surface area contributed by atoms with E-state index in [1.54, 1.807) is 13.1 Å². The summed E-state index contributed by atoms with van der Waals surface area (Å²) < 4.78 is 85.7. The van der Waals surface area contributed by atoms with E-state index in [2.05, 4.69) is 25.3 Å². The number of hydrogen-bond donors (Lipinski definition) is 2. The lowest BCUT2D eigenvalue weighted by Crippen LogP contribution is -2.45. The molecule has 2 N–H and O–H groups in total. The fourth-order valence-electron chi connectivity index (χ4n) is 5.48. The lowest BCUT2D eigenvalue weighted by atomic mass is 9.97. The van der Waals surface area contributed by atoms with E-state index in [0.717, 1.165) is 5.57 Å². The summed E-state index contributed by atoms with van der Waals surface area (Å²) in [5, 5.41) is 24.2. The molecule has 1 saturated carbocycles. The molecule has 6 rings (SSSR count). The minimum absolute atomic E-state index is 0.108. The second-order valence-electron chi connectivity index (χ2n) is 10.7. The van der Waals surface area contributed by atoms with Crippen molar-refractivity contribution >= 4 is 47.9 Å². The van der Waals surface area contributed by atoms with Crippen LogP contribution in [0.15, 0.2) is 23.1 Å². The molecule has 0 radical (unpaired) electrons. The summed E-state index contributed by atoms with van der Waals surface area (Å²) >= 11 is 0.669. The van der Waals surface area contributed by atoms with Crippen molar-refractivity contribution in [2.24, 2.45) is 7.05 Å². The van der Waals surface area contributed by atoms with Crippen molar-refractivity contribution in [2.75, 3.05) is 26.2 Å². The average molecular weight is 639 g/mol. The van der Waals surface area contributed by atoms with Gasteiger partial charge in [-0.25, -0.2) is 25.6 Å². The van der Waals surface area contributed by atoms with E-state index in [-0.39, 0.29) is 28.7 Å². The summed E-state index contributed by atoms with van der Waals surface area (Å²) in [7, 11) is -6.02. The number of rotatable bonds is 8. The van der Waals surface area contributed by atoms with Gasteiger partial charge in [-0.3, -0.25) is 4.68 Å². The van der Waals surface area contributed by atoms with E-state index >= 15 is 0 Å². The Labute approximate surface area is 245 Å². The first kappa shape index (κ1) is 29.2. The number of aromatic nitrogens is 4. The minimum atomic E-state index is -4.17. The molecule has 3 aromatic rings. The molecule has 0 amide bonds. The molecule has 0 spiro atoms. The first-order chi connectivity index (χ1) is 19.9. The van der Waals surface area contributed by atoms with Crippen LogP contribution in [0.5, 0.6) is 0 Å². The predicted octanol–water partition coefficient (Wildman–Crippen LogP) is 2.53. The summed E-state index contributed by atoms with van der Waals surface area (Å²) in [6.45, 7) is 1.66. The third-order valence-corrected chi connectivity index (χ3v) is 12.7. The smallest absolute Gasteiger partial charge is 0.291 e. The van der Waals surface area contributed by atoms with Crippen molar-refractivity contribution in [3.63, 3.8) is 0 Å². The summed E-state index contributed by atoms with van der Waals surface area (Å²) in [5.74, 6) is 0. The van der Waals surface area contributed by atoms with E-state index < -0.39 is 42.3 Å². The number of aryl methyl sites for hydroxylation is 1. The third kappa shape index (κ3) is 5.24. The normalized spacial score (nSPS) is 20.1. The molecule has 1 saturated heterocycles. The number of nitrogens with zero attached hydrogens (tertiary/aromatic N) is 6. The maximum Gasteiger partial charge on any atom is 0.291 e. The SMILES string of the molecule is Cn1nc(-c2nnc(C(F)F)s2)c2cc(S(=O)(=O)NC3(C#N)CC3)cc(C3=CCN(S(=O)(=O)C4CCNCC4)CC3)c21. The predicted molar refractivity (Wildman–Crippen MR) is 151 cm³/mol. The molecule has 42 heavy (non-hydrogen) atoms. The number of alkyl halides is 2. The molecule has 0 bridgehead atoms. The summed E-state index contributed by atoms with van der Waals surface area (Å²) in [5.41, 5.74) is 0.831. The Kier molecular flexibility index (Phi) is 7.43. The van der Waals surface area contributed by atoms with Crippen molar-refractivity contribution in [3.8, 4) is 16.8 Å². The summed E-state index contributed by atoms with van der Waals surface area (Å²) in [6, 6.07) is 4.92. The molecule has 224 valence electrons. The molecule has 4 heterocycles. The van der Waals surface area contributed by atoms with Crippen LogP contribution in [0.25, 0.3) is 27.2 Å². The monoisotopic (exact) mass is 638 g/mol. The molecule has 1 aliphatic carbocycles. The van der Waals surface area contributed by atoms with Crippen LogP contribution in [0.4, 0.5) is 8.78 Å². The average Bonchev–Trinajstić information content (AvgIpc) is 3.41. The van der Waals surface area contributed by atoms with Crippen molar-refractivity contribution in [2.45, 2.75) is 54.2 Å². The third-order valence-electron chi connectivity index (χ3n) is 7.93. The van der Waals surface area contributed by atoms with Crippen LogP contribution in [0, 0.1) is 11.3 Å². The number of fused-ring (bicyclic) bond motifs is 1. The molecular formula is C25H28F2N8O4S3. The zero-order valence-corrected chi connectivity index (χ0v) is 25.0. The first-order valence-electron chi connectivity index (χ1n) is 13.4. The molecule has 12 nitrogen and oxygen atoms in total. The molecule has 17 heteroatoms. The number of sulfonamides is 2. The first-order valence-corrected chi connectivity index (χ1v) is 17.2. The van der Waals surface area contributed by atoms with Crippen LogP contribution in [0.1, 0.15) is 49.1 Å². The zero-order valence-electron chi connectivity index (χ0n) is 22.5. The second-order valence-corrected chi connectivity index (χ2v) is 15.6. The summed E-state index contributed by atoms with van der Waals surface area (Å²) in [6.07, 6.45) is 1.16. The van der Waals surface area contributed by atoms with Gasteiger partial charge in [-0.1, -0.05) is 17.4 Å². The molecule has 2 fully saturated rings. The molecule has 0 atom stereocenters. The van der Waals surface area contributed by atoms with Crippen LogP contribution in [0.3, 0.4) is 0 Å². The van der Waals surface area contributed by atoms with Gasteiger partial charge in [-0.2, -0.15) is 19.4 Å². The van der Waals surface area contributed by atoms with Gasteiger partial charge in [0.15, 0.2) is 10.0 Å². The fourth-order valence-corrected chi connectivity index (χ4v) is 9.48. The van der Waals surface area contributed by atoms with Gasteiger partial charge < -0.3 is 5.32 Å². The van der Waals surface area contributed by atoms with E-state index in [0.29, 0.717) is 73.0 Å². The molecule has 1 aromatic carbocycles. The zero-order chi connectivity index (χ0) is 29.9. The van der Waals surface area contributed by atoms with E-state index in [4.69, 9.17) is 0 Å². The Balaban J connectivity index is 1.44. The van der Waals surface area contributed by atoms with Crippen LogP contribution in [-0.2, 0) is 27.1 Å². The van der Waals surface area contributed by atoms with Crippen molar-refractivity contribution in [1.29, 1.82) is 5.26 Å². The molecule has 2 aromatic heterocycles. The summed E-state index contributed by atoms with van der Waals surface area (Å²) in [4.78, 5) is -0.120. The lowest BCUT2D eigenvalue weighted by Gasteiger charge is -2.32. The largest absolute Gasteiger partial charge is 0.317 e. The highest BCUT2D eigenvalue weighted by Gasteiger charge is 2.47. The van der Waals surface area contributed by atoms with Gasteiger partial charge in [0.1, 0.15) is 11.2 Å². The van der Waals surface area contributed by atoms with Crippen molar-refractivity contribution in [3.05, 3.63) is 28.8 Å². The molecule has 0 unspecified atom stereocenters. The Morgan fingerprint density at radius 3 is 2.52 bits per heavy atom. The number of nitriles is 1. The topological polar surface area (TPSA) is 163 Å². The van der Waals surface area contributed by atoms with E-state index in [9.17, 15) is 30.9 Å². The number of piperidine rings is 1. The van der Waals surface area contributed by atoms with Gasteiger partial charge in [0, 0.05) is 31.1 Å². The quantitative estimate of drug-likeness (QED) is 0.378. The number of benzene rings is 1. The van der Waals surface area contributed by atoms with Crippen LogP contribution in [0.2, 0.25) is 0 Å². The Bertz CT molecular complexity index is 1840. The number of halogens is 2. The minimum Gasteiger partial charge on any atom is -0.317 e. The Morgan fingerprint density at radius 1 is 1.19 bits per heavy atom. The number of nitrogens with one attached hydrogen (secondary N) is 2. The van der Waals surface area contributed by atoms with Gasteiger partial charge in [0.25, 0.3) is 6.43 Å². The van der Waals surface area contributed by atoms with Gasteiger partial charge >= 0.3 is 0 Å². The fraction of sp³-hybridized carbons (Fsp3) is 0.520. The maximum atomic E-state index is 13.5. The van der Waals surface area contributed by atoms with Crippen molar-refractivity contribution in [1.82, 2.24) is 34.3 Å². The highest BCUT2D eigenvalue weighted by Crippen LogP contribution is 2.40. The molecule has 3 aliphatic rings. The van der Waals surface area contributed by atoms with E-state index in [1.165, 1.54) is 21.1 Å². The van der Waals surface area contributed by atoms with Gasteiger partial charge in [-0.15, -0.1) is 10.2 Å². The standard InChI is InChI=1S/C25H28F2N8O4S3/c1-34-21-18(15-4-10-35(11-5-15)42(38,39)16-2-8-29-9-3-16)12-17(41(36,37)33-25(14-28)6-7-25)13-19(21)20(32-34)23-30-31-24(40-23)22(26)27/h4,12-13,16,22,29,33H,2-3,5-11H2,1H3. The highest BCUT2D eigenvalue weighted by atomic mass is 32.2. The van der Waals surface area contributed by atoms with Crippen molar-refractivity contribution < 1.29 is 25.6 Å². The van der Waals surface area contributed by atoms with Gasteiger partial charge in [0.05, 0.1) is 21.7 Å². The van der Waals surface area contributed by atoms with E-state index in [1.807, 2.05) is 6.07 Å². The van der Waals surface area contributed by atoms with Crippen LogP contribution >= 0.6 is 11.3 Å².